The summed E-state index contributed by atoms with van der Waals surface area (Å²) in [5.74, 6) is 0.543. The second-order valence-electron chi connectivity index (χ2n) is 4.60. The van der Waals surface area contributed by atoms with Crippen molar-refractivity contribution in [3.05, 3.63) is 24.3 Å². The lowest BCUT2D eigenvalue weighted by atomic mass is 10.3. The van der Waals surface area contributed by atoms with Gasteiger partial charge in [0.05, 0.1) is 12.4 Å². The Bertz CT molecular complexity index is 525. The van der Waals surface area contributed by atoms with E-state index in [-0.39, 0.29) is 12.4 Å². The number of rotatable bonds is 5. The standard InChI is InChI=1S/C13H20N2O4S/c14-12-3-1-4-13(11-12)19-9-10-20(16,17)15-5-2-7-18-8-6-15/h1,3-4,11H,2,5-10,14H2. The molecule has 1 saturated heterocycles. The molecular formula is C13H20N2O4S. The number of sulfonamides is 1. The minimum atomic E-state index is -3.29. The molecule has 0 saturated carbocycles. The fraction of sp³-hybridized carbons (Fsp3) is 0.538. The van der Waals surface area contributed by atoms with Gasteiger partial charge >= 0.3 is 0 Å². The molecule has 20 heavy (non-hydrogen) atoms. The SMILES string of the molecule is Nc1cccc(OCCS(=O)(=O)N2CCCOCC2)c1. The molecule has 0 aromatic heterocycles. The summed E-state index contributed by atoms with van der Waals surface area (Å²) in [6.45, 7) is 2.12. The third-order valence-corrected chi connectivity index (χ3v) is 4.88. The quantitative estimate of drug-likeness (QED) is 0.810. The van der Waals surface area contributed by atoms with Gasteiger partial charge in [-0.2, -0.15) is 4.31 Å². The number of anilines is 1. The fourth-order valence-corrected chi connectivity index (χ4v) is 3.31. The highest BCUT2D eigenvalue weighted by Gasteiger charge is 2.23. The molecule has 1 aliphatic heterocycles. The number of nitrogens with two attached hydrogens (primary N) is 1. The molecule has 0 atom stereocenters. The molecule has 2 rings (SSSR count). The Morgan fingerprint density at radius 1 is 1.30 bits per heavy atom. The molecule has 6 nitrogen and oxygen atoms in total. The number of benzene rings is 1. The summed E-state index contributed by atoms with van der Waals surface area (Å²) in [6, 6.07) is 6.95. The van der Waals surface area contributed by atoms with Crippen LogP contribution in [0.1, 0.15) is 6.42 Å². The van der Waals surface area contributed by atoms with Gasteiger partial charge in [0.1, 0.15) is 12.4 Å². The van der Waals surface area contributed by atoms with E-state index in [1.165, 1.54) is 4.31 Å². The molecule has 112 valence electrons. The second kappa shape index (κ2) is 6.92. The summed E-state index contributed by atoms with van der Waals surface area (Å²) in [7, 11) is -3.29. The molecule has 1 aromatic rings. The zero-order chi connectivity index (χ0) is 14.4. The lowest BCUT2D eigenvalue weighted by Crippen LogP contribution is -2.36. The minimum Gasteiger partial charge on any atom is -0.492 e. The van der Waals surface area contributed by atoms with Crippen molar-refractivity contribution < 1.29 is 17.9 Å². The van der Waals surface area contributed by atoms with E-state index < -0.39 is 10.0 Å². The molecule has 0 aliphatic carbocycles. The molecular weight excluding hydrogens is 280 g/mol. The predicted molar refractivity (Wildman–Crippen MR) is 77.1 cm³/mol. The molecule has 0 unspecified atom stereocenters. The maximum absolute atomic E-state index is 12.2. The number of nitrogens with zero attached hydrogens (tertiary/aromatic N) is 1. The molecule has 2 N–H and O–H groups in total. The normalized spacial score (nSPS) is 17.6. The van der Waals surface area contributed by atoms with Crippen LogP contribution < -0.4 is 10.5 Å². The van der Waals surface area contributed by atoms with E-state index in [4.69, 9.17) is 15.2 Å². The summed E-state index contributed by atoms with van der Waals surface area (Å²) in [4.78, 5) is 0. The average molecular weight is 300 g/mol. The van der Waals surface area contributed by atoms with Crippen LogP contribution in [0.2, 0.25) is 0 Å². The molecule has 0 spiro atoms. The summed E-state index contributed by atoms with van der Waals surface area (Å²) in [5.41, 5.74) is 6.22. The summed E-state index contributed by atoms with van der Waals surface area (Å²) in [6.07, 6.45) is 0.731. The average Bonchev–Trinajstić information content (AvgIpc) is 2.68. The van der Waals surface area contributed by atoms with Crippen LogP contribution in [0.4, 0.5) is 5.69 Å². The van der Waals surface area contributed by atoms with Crippen molar-refractivity contribution in [1.29, 1.82) is 0 Å². The van der Waals surface area contributed by atoms with E-state index in [2.05, 4.69) is 0 Å². The van der Waals surface area contributed by atoms with Crippen molar-refractivity contribution in [3.8, 4) is 5.75 Å². The van der Waals surface area contributed by atoms with Gasteiger partial charge in [0.2, 0.25) is 10.0 Å². The minimum absolute atomic E-state index is 0.0399. The Balaban J connectivity index is 1.85. The van der Waals surface area contributed by atoms with Crippen LogP contribution in [-0.2, 0) is 14.8 Å². The number of ether oxygens (including phenoxy) is 2. The first kappa shape index (κ1) is 15.1. The zero-order valence-electron chi connectivity index (χ0n) is 11.3. The summed E-state index contributed by atoms with van der Waals surface area (Å²) >= 11 is 0. The van der Waals surface area contributed by atoms with Crippen LogP contribution in [0.25, 0.3) is 0 Å². The van der Waals surface area contributed by atoms with E-state index in [0.29, 0.717) is 37.7 Å². The lowest BCUT2D eigenvalue weighted by molar-refractivity contribution is 0.148. The third-order valence-electron chi connectivity index (χ3n) is 3.04. The first-order valence-electron chi connectivity index (χ1n) is 6.62. The Labute approximate surface area is 119 Å². The van der Waals surface area contributed by atoms with Crippen molar-refractivity contribution in [2.75, 3.05) is 44.4 Å². The van der Waals surface area contributed by atoms with Gasteiger partial charge < -0.3 is 15.2 Å². The van der Waals surface area contributed by atoms with E-state index >= 15 is 0 Å². The second-order valence-corrected chi connectivity index (χ2v) is 6.69. The van der Waals surface area contributed by atoms with Gasteiger partial charge in [0.25, 0.3) is 0 Å². The monoisotopic (exact) mass is 300 g/mol. The zero-order valence-corrected chi connectivity index (χ0v) is 12.1. The van der Waals surface area contributed by atoms with Crippen molar-refractivity contribution in [1.82, 2.24) is 4.31 Å². The molecule has 0 radical (unpaired) electrons. The van der Waals surface area contributed by atoms with Gasteiger partial charge in [0, 0.05) is 31.5 Å². The fourth-order valence-electron chi connectivity index (χ4n) is 2.00. The van der Waals surface area contributed by atoms with Crippen LogP contribution in [0.15, 0.2) is 24.3 Å². The van der Waals surface area contributed by atoms with Gasteiger partial charge in [-0.1, -0.05) is 6.07 Å². The topological polar surface area (TPSA) is 81.9 Å². The Kier molecular flexibility index (Phi) is 5.22. The van der Waals surface area contributed by atoms with Crippen LogP contribution in [0, 0.1) is 0 Å². The Morgan fingerprint density at radius 2 is 2.15 bits per heavy atom. The molecule has 1 aromatic carbocycles. The number of hydrogen-bond donors (Lipinski definition) is 1. The van der Waals surface area contributed by atoms with Crippen LogP contribution in [0.5, 0.6) is 5.75 Å². The van der Waals surface area contributed by atoms with Crippen LogP contribution >= 0.6 is 0 Å². The van der Waals surface area contributed by atoms with Gasteiger partial charge in [-0.25, -0.2) is 8.42 Å². The predicted octanol–water partition coefficient (Wildman–Crippen LogP) is 0.700. The Morgan fingerprint density at radius 3 is 2.95 bits per heavy atom. The van der Waals surface area contributed by atoms with Crippen LogP contribution in [-0.4, -0.2) is 51.4 Å². The highest BCUT2D eigenvalue weighted by molar-refractivity contribution is 7.89. The van der Waals surface area contributed by atoms with Gasteiger partial charge in [-0.05, 0) is 18.6 Å². The summed E-state index contributed by atoms with van der Waals surface area (Å²) in [5, 5.41) is 0. The van der Waals surface area contributed by atoms with Gasteiger partial charge in [-0.15, -0.1) is 0 Å². The van der Waals surface area contributed by atoms with E-state index in [0.717, 1.165) is 6.42 Å². The highest BCUT2D eigenvalue weighted by Crippen LogP contribution is 2.15. The van der Waals surface area contributed by atoms with Crippen molar-refractivity contribution in [3.63, 3.8) is 0 Å². The van der Waals surface area contributed by atoms with E-state index in [9.17, 15) is 8.42 Å². The van der Waals surface area contributed by atoms with Crippen LogP contribution in [0.3, 0.4) is 0 Å². The molecule has 7 heteroatoms. The van der Waals surface area contributed by atoms with E-state index in [1.807, 2.05) is 0 Å². The highest BCUT2D eigenvalue weighted by atomic mass is 32.2. The first-order chi connectivity index (χ1) is 9.58. The largest absolute Gasteiger partial charge is 0.492 e. The number of nitrogen functional groups attached to an aromatic ring is 1. The Hall–Kier alpha value is -1.31. The van der Waals surface area contributed by atoms with Gasteiger partial charge in [-0.3, -0.25) is 0 Å². The van der Waals surface area contributed by atoms with Gasteiger partial charge in [0.15, 0.2) is 0 Å². The summed E-state index contributed by atoms with van der Waals surface area (Å²) < 4.78 is 36.5. The third kappa shape index (κ3) is 4.36. The smallest absolute Gasteiger partial charge is 0.217 e. The van der Waals surface area contributed by atoms with Crippen molar-refractivity contribution >= 4 is 15.7 Å². The molecule has 0 amide bonds. The molecule has 1 aliphatic rings. The maximum Gasteiger partial charge on any atom is 0.217 e. The maximum atomic E-state index is 12.2. The lowest BCUT2D eigenvalue weighted by Gasteiger charge is -2.19. The molecule has 1 heterocycles. The molecule has 1 fully saturated rings. The van der Waals surface area contributed by atoms with E-state index in [1.54, 1.807) is 24.3 Å². The molecule has 0 bridgehead atoms. The first-order valence-corrected chi connectivity index (χ1v) is 8.23. The van der Waals surface area contributed by atoms with Crippen molar-refractivity contribution in [2.24, 2.45) is 0 Å². The van der Waals surface area contributed by atoms with Crippen molar-refractivity contribution in [2.45, 2.75) is 6.42 Å². The number of hydrogen-bond acceptors (Lipinski definition) is 5.